The van der Waals surface area contributed by atoms with Crippen molar-refractivity contribution >= 4 is 39.1 Å². The topological polar surface area (TPSA) is 95.0 Å². The summed E-state index contributed by atoms with van der Waals surface area (Å²) < 4.78 is 7.36. The fourth-order valence-electron chi connectivity index (χ4n) is 4.06. The van der Waals surface area contributed by atoms with E-state index in [-0.39, 0.29) is 36.5 Å². The van der Waals surface area contributed by atoms with Crippen LogP contribution in [-0.2, 0) is 0 Å². The minimum atomic E-state index is -0.356. The highest BCUT2D eigenvalue weighted by Gasteiger charge is 2.34. The van der Waals surface area contributed by atoms with E-state index in [1.165, 1.54) is 11.3 Å². The largest absolute Gasteiger partial charge is 0.486 e. The van der Waals surface area contributed by atoms with E-state index in [4.69, 9.17) is 4.74 Å². The van der Waals surface area contributed by atoms with Crippen molar-refractivity contribution < 1.29 is 19.4 Å². The molecule has 1 aliphatic heterocycles. The molecule has 0 aliphatic carbocycles. The van der Waals surface area contributed by atoms with Gasteiger partial charge in [0.2, 0.25) is 0 Å². The van der Waals surface area contributed by atoms with E-state index in [0.717, 1.165) is 10.2 Å². The van der Waals surface area contributed by atoms with Crippen molar-refractivity contribution in [3.63, 3.8) is 0 Å². The Kier molecular flexibility index (Phi) is 7.16. The van der Waals surface area contributed by atoms with Crippen LogP contribution in [0.5, 0.6) is 5.75 Å². The van der Waals surface area contributed by atoms with Gasteiger partial charge in [-0.25, -0.2) is 4.98 Å². The van der Waals surface area contributed by atoms with Crippen LogP contribution in [0.2, 0.25) is 0 Å². The molecule has 34 heavy (non-hydrogen) atoms. The fraction of sp³-hybridized carbons (Fsp3) is 0.400. The Morgan fingerprint density at radius 2 is 2.06 bits per heavy atom. The standard InChI is InChI=1S/C25H30N4O4S/c1-15-12-29(16(2)14-30)25(32)17-8-7-10-19(22(17)33-20(15)13-28(3)4)26-23(31)24-27-18-9-5-6-11-21(18)34-24/h5-11,15-16,20,30H,12-14H2,1-4H3,(H,26,31)/t15-,16-,20+/m1/s1. The molecule has 2 heterocycles. The van der Waals surface area contributed by atoms with Crippen molar-refractivity contribution in [1.29, 1.82) is 0 Å². The van der Waals surface area contributed by atoms with E-state index >= 15 is 0 Å². The van der Waals surface area contributed by atoms with E-state index in [9.17, 15) is 14.7 Å². The van der Waals surface area contributed by atoms with Crippen LogP contribution in [-0.4, -0.2) is 77.6 Å². The van der Waals surface area contributed by atoms with Crippen LogP contribution in [0.3, 0.4) is 0 Å². The molecule has 0 fully saturated rings. The smallest absolute Gasteiger partial charge is 0.284 e. The normalized spacial score (nSPS) is 19.4. The van der Waals surface area contributed by atoms with Crippen LogP contribution in [0.15, 0.2) is 42.5 Å². The average Bonchev–Trinajstić information content (AvgIpc) is 3.25. The second kappa shape index (κ2) is 10.1. The van der Waals surface area contributed by atoms with Crippen LogP contribution in [0, 0.1) is 5.92 Å². The Bertz CT molecular complexity index is 1160. The first-order valence-corrected chi connectivity index (χ1v) is 12.1. The molecular formula is C25H30N4O4S. The Balaban J connectivity index is 1.73. The number of anilines is 1. The number of nitrogens with zero attached hydrogens (tertiary/aromatic N) is 3. The number of aliphatic hydroxyl groups is 1. The predicted octanol–water partition coefficient (Wildman–Crippen LogP) is 3.33. The van der Waals surface area contributed by atoms with Gasteiger partial charge in [0.25, 0.3) is 11.8 Å². The van der Waals surface area contributed by atoms with Gasteiger partial charge < -0.3 is 25.0 Å². The van der Waals surface area contributed by atoms with Crippen molar-refractivity contribution in [1.82, 2.24) is 14.8 Å². The lowest BCUT2D eigenvalue weighted by Gasteiger charge is -2.38. The SMILES string of the molecule is C[C@@H]1CN([C@H](C)CO)C(=O)c2cccc(NC(=O)c3nc4ccccc4s3)c2O[C@H]1CN(C)C. The number of aromatic nitrogens is 1. The average molecular weight is 483 g/mol. The second-order valence-corrected chi connectivity index (χ2v) is 10.0. The zero-order valence-electron chi connectivity index (χ0n) is 19.8. The quantitative estimate of drug-likeness (QED) is 0.560. The molecule has 3 atom stereocenters. The molecular weight excluding hydrogens is 452 g/mol. The predicted molar refractivity (Wildman–Crippen MR) is 134 cm³/mol. The van der Waals surface area contributed by atoms with Gasteiger partial charge in [0, 0.05) is 19.0 Å². The molecule has 2 amide bonds. The highest BCUT2D eigenvalue weighted by molar-refractivity contribution is 7.20. The highest BCUT2D eigenvalue weighted by atomic mass is 32.1. The molecule has 0 saturated heterocycles. The fourth-order valence-corrected chi connectivity index (χ4v) is 4.93. The van der Waals surface area contributed by atoms with Gasteiger partial charge in [-0.05, 0) is 45.3 Å². The number of amides is 2. The minimum absolute atomic E-state index is 0.00141. The monoisotopic (exact) mass is 482 g/mol. The van der Waals surface area contributed by atoms with Crippen molar-refractivity contribution in [3.8, 4) is 5.75 Å². The number of benzene rings is 2. The number of para-hydroxylation sites is 2. The van der Waals surface area contributed by atoms with Crippen LogP contribution in [0.1, 0.15) is 34.0 Å². The third kappa shape index (κ3) is 4.91. The number of thiazole rings is 1. The number of carbonyl (C=O) groups is 2. The van der Waals surface area contributed by atoms with Crippen molar-refractivity contribution in [2.24, 2.45) is 5.92 Å². The first-order valence-electron chi connectivity index (χ1n) is 11.3. The zero-order valence-corrected chi connectivity index (χ0v) is 20.6. The van der Waals surface area contributed by atoms with Gasteiger partial charge in [0.05, 0.1) is 34.1 Å². The van der Waals surface area contributed by atoms with Gasteiger partial charge >= 0.3 is 0 Å². The number of nitrogens with one attached hydrogen (secondary N) is 1. The van der Waals surface area contributed by atoms with E-state index < -0.39 is 0 Å². The zero-order chi connectivity index (χ0) is 24.4. The van der Waals surface area contributed by atoms with Gasteiger partial charge in [-0.15, -0.1) is 11.3 Å². The molecule has 9 heteroatoms. The Labute approximate surface area is 203 Å². The lowest BCUT2D eigenvalue weighted by Crippen LogP contribution is -2.49. The van der Waals surface area contributed by atoms with Crippen molar-refractivity contribution in [2.45, 2.75) is 26.0 Å². The molecule has 0 spiro atoms. The molecule has 1 aromatic heterocycles. The molecule has 0 radical (unpaired) electrons. The summed E-state index contributed by atoms with van der Waals surface area (Å²) in [5.41, 5.74) is 1.54. The maximum Gasteiger partial charge on any atom is 0.284 e. The molecule has 1 aliphatic rings. The van der Waals surface area contributed by atoms with Crippen LogP contribution in [0.25, 0.3) is 10.2 Å². The van der Waals surface area contributed by atoms with Gasteiger partial charge in [-0.1, -0.05) is 25.1 Å². The van der Waals surface area contributed by atoms with E-state index in [0.29, 0.717) is 35.1 Å². The maximum atomic E-state index is 13.5. The van der Waals surface area contributed by atoms with E-state index in [2.05, 4.69) is 10.3 Å². The van der Waals surface area contributed by atoms with E-state index in [1.54, 1.807) is 23.1 Å². The van der Waals surface area contributed by atoms with Crippen LogP contribution in [0.4, 0.5) is 5.69 Å². The van der Waals surface area contributed by atoms with Crippen molar-refractivity contribution in [2.75, 3.05) is 39.1 Å². The first-order chi connectivity index (χ1) is 16.3. The molecule has 0 bridgehead atoms. The summed E-state index contributed by atoms with van der Waals surface area (Å²) in [6.45, 7) is 4.82. The maximum absolute atomic E-state index is 13.5. The molecule has 3 aromatic rings. The van der Waals surface area contributed by atoms with Crippen LogP contribution < -0.4 is 10.1 Å². The number of hydrogen-bond acceptors (Lipinski definition) is 7. The third-order valence-electron chi connectivity index (χ3n) is 5.97. The number of fused-ring (bicyclic) bond motifs is 2. The minimum Gasteiger partial charge on any atom is -0.486 e. The van der Waals surface area contributed by atoms with E-state index in [1.807, 2.05) is 57.1 Å². The summed E-state index contributed by atoms with van der Waals surface area (Å²) in [4.78, 5) is 34.7. The lowest BCUT2D eigenvalue weighted by atomic mass is 9.99. The number of aliphatic hydroxyl groups excluding tert-OH is 1. The summed E-state index contributed by atoms with van der Waals surface area (Å²) in [5, 5.41) is 13.0. The molecule has 4 rings (SSSR count). The summed E-state index contributed by atoms with van der Waals surface area (Å²) in [5.74, 6) is -0.245. The number of ether oxygens (including phenoxy) is 1. The summed E-state index contributed by atoms with van der Waals surface area (Å²) in [6, 6.07) is 12.4. The lowest BCUT2D eigenvalue weighted by molar-refractivity contribution is 0.0365. The van der Waals surface area contributed by atoms with Crippen LogP contribution >= 0.6 is 11.3 Å². The molecule has 2 N–H and O–H groups in total. The second-order valence-electron chi connectivity index (χ2n) is 9.01. The Morgan fingerprint density at radius 3 is 2.76 bits per heavy atom. The van der Waals surface area contributed by atoms with Crippen molar-refractivity contribution in [3.05, 3.63) is 53.0 Å². The van der Waals surface area contributed by atoms with Gasteiger partial charge in [0.1, 0.15) is 6.10 Å². The molecule has 0 unspecified atom stereocenters. The van der Waals surface area contributed by atoms with Gasteiger partial charge in [-0.2, -0.15) is 0 Å². The number of hydrogen-bond donors (Lipinski definition) is 2. The first kappa shape index (κ1) is 24.1. The summed E-state index contributed by atoms with van der Waals surface area (Å²) in [7, 11) is 3.94. The molecule has 180 valence electrons. The molecule has 2 aromatic carbocycles. The highest BCUT2D eigenvalue weighted by Crippen LogP contribution is 2.35. The molecule has 0 saturated carbocycles. The Morgan fingerprint density at radius 1 is 1.29 bits per heavy atom. The number of likely N-dealkylation sites (N-methyl/N-ethyl adjacent to an activating group) is 1. The summed E-state index contributed by atoms with van der Waals surface area (Å²) in [6.07, 6.45) is -0.226. The van der Waals surface area contributed by atoms with Gasteiger partial charge in [0.15, 0.2) is 10.8 Å². The summed E-state index contributed by atoms with van der Waals surface area (Å²) >= 11 is 1.31. The van der Waals surface area contributed by atoms with Gasteiger partial charge in [-0.3, -0.25) is 9.59 Å². The number of carbonyl (C=O) groups excluding carboxylic acids is 2. The number of rotatable bonds is 6. The molecule has 8 nitrogen and oxygen atoms in total. The third-order valence-corrected chi connectivity index (χ3v) is 7.01. The Hall–Kier alpha value is -3.01.